The molecule has 3 aromatic rings. The highest BCUT2D eigenvalue weighted by Crippen LogP contribution is 2.36. The molecule has 1 aliphatic rings. The van der Waals surface area contributed by atoms with Gasteiger partial charge < -0.3 is 20.4 Å². The quantitative estimate of drug-likeness (QED) is 0.715. The summed E-state index contributed by atoms with van der Waals surface area (Å²) in [6, 6.07) is 6.61. The van der Waals surface area contributed by atoms with Crippen LogP contribution in [0.1, 0.15) is 6.42 Å². The largest absolute Gasteiger partial charge is 0.450 e. The number of nitrogens with one attached hydrogen (secondary N) is 1. The number of benzene rings is 1. The molecule has 0 aliphatic carbocycles. The average molecular weight is 329 g/mol. The topological polar surface area (TPSA) is 80.2 Å². The Labute approximate surface area is 138 Å². The Hall–Kier alpha value is -1.99. The van der Waals surface area contributed by atoms with Crippen LogP contribution in [0, 0.1) is 0 Å². The third-order valence-corrected chi connectivity index (χ3v) is 5.14. The summed E-state index contributed by atoms with van der Waals surface area (Å²) in [5.74, 6) is 1.09. The first-order valence-electron chi connectivity index (χ1n) is 7.65. The van der Waals surface area contributed by atoms with Crippen LogP contribution >= 0.6 is 11.8 Å². The molecule has 0 saturated carbocycles. The summed E-state index contributed by atoms with van der Waals surface area (Å²) < 4.78 is 6.07. The lowest BCUT2D eigenvalue weighted by Gasteiger charge is -2.17. The summed E-state index contributed by atoms with van der Waals surface area (Å²) in [7, 11) is 1.99. The van der Waals surface area contributed by atoms with Gasteiger partial charge in [0.2, 0.25) is 5.95 Å². The zero-order valence-electron chi connectivity index (χ0n) is 13.2. The SMILES string of the molecule is CN[C@@H]1CCN(c2nc(N)nc3c2oc2ccc(SC)cc23)C1. The molecule has 3 heterocycles. The van der Waals surface area contributed by atoms with E-state index >= 15 is 0 Å². The highest BCUT2D eigenvalue weighted by atomic mass is 32.2. The molecule has 23 heavy (non-hydrogen) atoms. The molecule has 1 aromatic carbocycles. The number of thioether (sulfide) groups is 1. The second-order valence-electron chi connectivity index (χ2n) is 5.77. The van der Waals surface area contributed by atoms with Crippen LogP contribution in [0.2, 0.25) is 0 Å². The molecule has 1 aliphatic heterocycles. The molecule has 0 radical (unpaired) electrons. The number of aromatic nitrogens is 2. The summed E-state index contributed by atoms with van der Waals surface area (Å²) in [6.45, 7) is 1.83. The lowest BCUT2D eigenvalue weighted by molar-refractivity contribution is 0.615. The smallest absolute Gasteiger partial charge is 0.222 e. The highest BCUT2D eigenvalue weighted by molar-refractivity contribution is 7.98. The molecular formula is C16H19N5OS. The van der Waals surface area contributed by atoms with Crippen molar-refractivity contribution in [2.45, 2.75) is 17.4 Å². The van der Waals surface area contributed by atoms with Crippen molar-refractivity contribution in [3.8, 4) is 0 Å². The van der Waals surface area contributed by atoms with Crippen LogP contribution in [0.4, 0.5) is 11.8 Å². The monoisotopic (exact) mass is 329 g/mol. The molecular weight excluding hydrogens is 310 g/mol. The Morgan fingerprint density at radius 3 is 3.00 bits per heavy atom. The Bertz CT molecular complexity index is 878. The van der Waals surface area contributed by atoms with Crippen molar-refractivity contribution in [2.24, 2.45) is 0 Å². The molecule has 7 heteroatoms. The molecule has 1 atom stereocenters. The standard InChI is InChI=1S/C16H19N5OS/c1-18-9-5-6-21(8-9)15-14-13(19-16(17)20-15)11-7-10(23-2)3-4-12(11)22-14/h3-4,7,9,18H,5-6,8H2,1-2H3,(H2,17,19,20)/t9-/m1/s1. The normalized spacial score (nSPS) is 18.3. The van der Waals surface area contributed by atoms with Crippen LogP contribution in [0.25, 0.3) is 22.1 Å². The van der Waals surface area contributed by atoms with Gasteiger partial charge in [0.15, 0.2) is 11.4 Å². The molecule has 2 aromatic heterocycles. The molecule has 6 nitrogen and oxygen atoms in total. The van der Waals surface area contributed by atoms with Crippen molar-refractivity contribution in [3.63, 3.8) is 0 Å². The van der Waals surface area contributed by atoms with Crippen molar-refractivity contribution >= 4 is 45.6 Å². The Kier molecular flexibility index (Phi) is 3.54. The highest BCUT2D eigenvalue weighted by Gasteiger charge is 2.26. The summed E-state index contributed by atoms with van der Waals surface area (Å²) >= 11 is 1.70. The van der Waals surface area contributed by atoms with Gasteiger partial charge in [0.05, 0.1) is 0 Å². The molecule has 0 unspecified atom stereocenters. The van der Waals surface area contributed by atoms with Gasteiger partial charge in [-0.05, 0) is 37.9 Å². The Morgan fingerprint density at radius 1 is 1.39 bits per heavy atom. The maximum absolute atomic E-state index is 6.07. The Morgan fingerprint density at radius 2 is 2.26 bits per heavy atom. The maximum atomic E-state index is 6.07. The van der Waals surface area contributed by atoms with Gasteiger partial charge >= 0.3 is 0 Å². The first kappa shape index (κ1) is 14.6. The van der Waals surface area contributed by atoms with Crippen molar-refractivity contribution in [1.82, 2.24) is 15.3 Å². The van der Waals surface area contributed by atoms with Crippen LogP contribution in [-0.2, 0) is 0 Å². The van der Waals surface area contributed by atoms with Gasteiger partial charge in [0.25, 0.3) is 0 Å². The predicted molar refractivity (Wildman–Crippen MR) is 95.2 cm³/mol. The summed E-state index contributed by atoms with van der Waals surface area (Å²) in [5.41, 5.74) is 8.31. The molecule has 4 rings (SSSR count). The van der Waals surface area contributed by atoms with Crippen molar-refractivity contribution < 1.29 is 4.42 Å². The second-order valence-corrected chi connectivity index (χ2v) is 6.65. The van der Waals surface area contributed by atoms with Gasteiger partial charge in [-0.15, -0.1) is 11.8 Å². The molecule has 120 valence electrons. The summed E-state index contributed by atoms with van der Waals surface area (Å²) in [4.78, 5) is 12.3. The van der Waals surface area contributed by atoms with E-state index in [1.807, 2.05) is 13.1 Å². The van der Waals surface area contributed by atoms with Crippen LogP contribution in [-0.4, -0.2) is 42.4 Å². The zero-order chi connectivity index (χ0) is 16.0. The Balaban J connectivity index is 1.91. The third-order valence-electron chi connectivity index (χ3n) is 4.41. The van der Waals surface area contributed by atoms with Crippen LogP contribution < -0.4 is 16.0 Å². The number of hydrogen-bond donors (Lipinski definition) is 2. The van der Waals surface area contributed by atoms with E-state index in [1.54, 1.807) is 11.8 Å². The number of anilines is 2. The number of nitrogen functional groups attached to an aromatic ring is 1. The number of nitrogens with two attached hydrogens (primary N) is 1. The fourth-order valence-corrected chi connectivity index (χ4v) is 3.59. The number of likely N-dealkylation sites (N-methyl/N-ethyl adjacent to an activating group) is 1. The van der Waals surface area contributed by atoms with E-state index in [9.17, 15) is 0 Å². The van der Waals surface area contributed by atoms with Crippen LogP contribution in [0.5, 0.6) is 0 Å². The molecule has 0 amide bonds. The van der Waals surface area contributed by atoms with Gasteiger partial charge in [0.1, 0.15) is 11.1 Å². The number of rotatable bonds is 3. The van der Waals surface area contributed by atoms with E-state index in [1.165, 1.54) is 4.90 Å². The average Bonchev–Trinajstić information content (AvgIpc) is 3.18. The predicted octanol–water partition coefficient (Wildman–Crippen LogP) is 2.48. The molecule has 1 fully saturated rings. The fourth-order valence-electron chi connectivity index (χ4n) is 3.15. The van der Waals surface area contributed by atoms with Gasteiger partial charge in [-0.25, -0.2) is 4.98 Å². The molecule has 0 bridgehead atoms. The molecule has 0 spiro atoms. The number of fused-ring (bicyclic) bond motifs is 3. The summed E-state index contributed by atoms with van der Waals surface area (Å²) in [5, 5.41) is 4.31. The van der Waals surface area contributed by atoms with E-state index in [4.69, 9.17) is 10.2 Å². The van der Waals surface area contributed by atoms with Crippen LogP contribution in [0.3, 0.4) is 0 Å². The van der Waals surface area contributed by atoms with E-state index in [0.717, 1.165) is 47.4 Å². The van der Waals surface area contributed by atoms with Crippen molar-refractivity contribution in [1.29, 1.82) is 0 Å². The summed E-state index contributed by atoms with van der Waals surface area (Å²) in [6.07, 6.45) is 3.14. The number of nitrogens with zero attached hydrogens (tertiary/aromatic N) is 3. The van der Waals surface area contributed by atoms with Gasteiger partial charge in [0, 0.05) is 29.4 Å². The zero-order valence-corrected chi connectivity index (χ0v) is 14.0. The number of hydrogen-bond acceptors (Lipinski definition) is 7. The molecule has 1 saturated heterocycles. The lowest BCUT2D eigenvalue weighted by atomic mass is 10.2. The number of furan rings is 1. The first-order valence-corrected chi connectivity index (χ1v) is 8.88. The van der Waals surface area contributed by atoms with Crippen molar-refractivity contribution in [2.75, 3.05) is 37.0 Å². The third kappa shape index (κ3) is 2.40. The first-order chi connectivity index (χ1) is 11.2. The minimum absolute atomic E-state index is 0.290. The lowest BCUT2D eigenvalue weighted by Crippen LogP contribution is -2.30. The van der Waals surface area contributed by atoms with E-state index in [0.29, 0.717) is 6.04 Å². The van der Waals surface area contributed by atoms with Gasteiger partial charge in [-0.2, -0.15) is 4.98 Å². The van der Waals surface area contributed by atoms with Crippen molar-refractivity contribution in [3.05, 3.63) is 18.2 Å². The fraction of sp³-hybridized carbons (Fsp3) is 0.375. The van der Waals surface area contributed by atoms with E-state index in [-0.39, 0.29) is 5.95 Å². The van der Waals surface area contributed by atoms with Gasteiger partial charge in [-0.1, -0.05) is 0 Å². The minimum Gasteiger partial charge on any atom is -0.450 e. The minimum atomic E-state index is 0.290. The molecule has 3 N–H and O–H groups in total. The maximum Gasteiger partial charge on any atom is 0.222 e. The van der Waals surface area contributed by atoms with Crippen LogP contribution in [0.15, 0.2) is 27.5 Å². The van der Waals surface area contributed by atoms with E-state index in [2.05, 4.69) is 38.6 Å². The second kappa shape index (κ2) is 5.58. The van der Waals surface area contributed by atoms with Gasteiger partial charge in [-0.3, -0.25) is 0 Å². The van der Waals surface area contributed by atoms with E-state index < -0.39 is 0 Å².